The minimum atomic E-state index is -0.352. The Morgan fingerprint density at radius 3 is 2.12 bits per heavy atom. The summed E-state index contributed by atoms with van der Waals surface area (Å²) in [5.41, 5.74) is 2.23. The number of rotatable bonds is 4. The number of nitrogens with zero attached hydrogens (tertiary/aromatic N) is 2. The first-order valence-electron chi connectivity index (χ1n) is 7.51. The van der Waals surface area contributed by atoms with Gasteiger partial charge in [-0.15, -0.1) is 0 Å². The second-order valence-corrected chi connectivity index (χ2v) is 5.94. The van der Waals surface area contributed by atoms with Gasteiger partial charge in [0.05, 0.1) is 19.5 Å². The Hall–Kier alpha value is -3.02. The van der Waals surface area contributed by atoms with Crippen molar-refractivity contribution in [3.63, 3.8) is 0 Å². The minimum Gasteiger partial charge on any atom is -0.274 e. The van der Waals surface area contributed by atoms with Gasteiger partial charge in [0.1, 0.15) is 0 Å². The summed E-state index contributed by atoms with van der Waals surface area (Å²) >= 11 is 0. The third-order valence-electron chi connectivity index (χ3n) is 4.07. The molecule has 1 fully saturated rings. The maximum Gasteiger partial charge on any atom is 0.256 e. The average Bonchev–Trinajstić information content (AvgIpc) is 2.91. The van der Waals surface area contributed by atoms with E-state index in [0.29, 0.717) is 11.1 Å². The van der Waals surface area contributed by atoms with E-state index in [4.69, 9.17) is 0 Å². The summed E-state index contributed by atoms with van der Waals surface area (Å²) in [5.74, 6) is -1.24. The lowest BCUT2D eigenvalue weighted by Crippen LogP contribution is -2.30. The number of benzene rings is 1. The lowest BCUT2D eigenvalue weighted by atomic mass is 10.1. The number of carbonyl (C=O) groups excluding carboxylic acids is 4. The fourth-order valence-electron chi connectivity index (χ4n) is 2.80. The molecule has 0 aliphatic carbocycles. The maximum atomic E-state index is 11.9. The SMILES string of the molecule is C=C1CC(=O)N(Cc2cccc(CN3C(=O)C=C(C)C3=O)c2)C1=O. The van der Waals surface area contributed by atoms with Crippen LogP contribution in [0.3, 0.4) is 0 Å². The van der Waals surface area contributed by atoms with Crippen molar-refractivity contribution in [2.75, 3.05) is 0 Å². The van der Waals surface area contributed by atoms with Crippen molar-refractivity contribution < 1.29 is 19.2 Å². The summed E-state index contributed by atoms with van der Waals surface area (Å²) in [5, 5.41) is 0. The molecule has 122 valence electrons. The van der Waals surface area contributed by atoms with Crippen LogP contribution in [0.25, 0.3) is 0 Å². The van der Waals surface area contributed by atoms with Crippen LogP contribution in [0.1, 0.15) is 24.5 Å². The Labute approximate surface area is 139 Å². The van der Waals surface area contributed by atoms with Crippen LogP contribution >= 0.6 is 0 Å². The standard InChI is InChI=1S/C18H16N2O4/c1-11-6-15(21)19(17(11)23)9-13-4-3-5-14(8-13)10-20-16(22)7-12(2)18(20)24/h3-5,7-8H,1,6,9-10H2,2H3. The Bertz CT molecular complexity index is 822. The molecular formula is C18H16N2O4. The van der Waals surface area contributed by atoms with Crippen LogP contribution in [0, 0.1) is 0 Å². The molecule has 4 amide bonds. The van der Waals surface area contributed by atoms with E-state index in [2.05, 4.69) is 6.58 Å². The van der Waals surface area contributed by atoms with Crippen molar-refractivity contribution in [3.8, 4) is 0 Å². The molecule has 3 rings (SSSR count). The summed E-state index contributed by atoms with van der Waals surface area (Å²) in [6, 6.07) is 7.15. The average molecular weight is 324 g/mol. The smallest absolute Gasteiger partial charge is 0.256 e. The van der Waals surface area contributed by atoms with Crippen molar-refractivity contribution in [2.45, 2.75) is 26.4 Å². The van der Waals surface area contributed by atoms with Crippen molar-refractivity contribution in [3.05, 3.63) is 59.2 Å². The third kappa shape index (κ3) is 2.78. The molecule has 1 aromatic carbocycles. The van der Waals surface area contributed by atoms with Crippen LogP contribution in [0.15, 0.2) is 48.1 Å². The highest BCUT2D eigenvalue weighted by Crippen LogP contribution is 2.21. The molecule has 0 bridgehead atoms. The number of hydrogen-bond donors (Lipinski definition) is 0. The number of imide groups is 2. The predicted molar refractivity (Wildman–Crippen MR) is 85.1 cm³/mol. The van der Waals surface area contributed by atoms with Gasteiger partial charge in [-0.3, -0.25) is 29.0 Å². The molecule has 0 unspecified atom stereocenters. The normalized spacial score (nSPS) is 18.0. The van der Waals surface area contributed by atoms with Gasteiger partial charge >= 0.3 is 0 Å². The van der Waals surface area contributed by atoms with Gasteiger partial charge in [0.25, 0.3) is 17.7 Å². The molecule has 2 aliphatic rings. The zero-order valence-electron chi connectivity index (χ0n) is 13.2. The molecule has 6 heteroatoms. The second kappa shape index (κ2) is 5.88. The molecule has 0 N–H and O–H groups in total. The van der Waals surface area contributed by atoms with E-state index >= 15 is 0 Å². The van der Waals surface area contributed by atoms with E-state index in [9.17, 15) is 19.2 Å². The van der Waals surface area contributed by atoms with E-state index < -0.39 is 0 Å². The largest absolute Gasteiger partial charge is 0.274 e. The van der Waals surface area contributed by atoms with Crippen LogP contribution in [0.5, 0.6) is 0 Å². The Morgan fingerprint density at radius 1 is 1.00 bits per heavy atom. The summed E-state index contributed by atoms with van der Waals surface area (Å²) in [6.45, 7) is 5.51. The lowest BCUT2D eigenvalue weighted by Gasteiger charge is -2.17. The van der Waals surface area contributed by atoms with Gasteiger partial charge in [0, 0.05) is 17.2 Å². The Morgan fingerprint density at radius 2 is 1.62 bits per heavy atom. The van der Waals surface area contributed by atoms with Gasteiger partial charge in [0.2, 0.25) is 5.91 Å². The first-order chi connectivity index (χ1) is 11.4. The number of likely N-dealkylation sites (tertiary alicyclic amines) is 1. The van der Waals surface area contributed by atoms with Crippen LogP contribution in [0.4, 0.5) is 0 Å². The van der Waals surface area contributed by atoms with Crippen molar-refractivity contribution >= 4 is 23.6 Å². The summed E-state index contributed by atoms with van der Waals surface area (Å²) in [4.78, 5) is 49.8. The molecule has 0 radical (unpaired) electrons. The topological polar surface area (TPSA) is 74.8 Å². The zero-order chi connectivity index (χ0) is 17.4. The second-order valence-electron chi connectivity index (χ2n) is 5.94. The lowest BCUT2D eigenvalue weighted by molar-refractivity contribution is -0.139. The molecule has 0 spiro atoms. The summed E-state index contributed by atoms with van der Waals surface area (Å²) in [7, 11) is 0. The third-order valence-corrected chi connectivity index (χ3v) is 4.07. The van der Waals surface area contributed by atoms with E-state index in [1.54, 1.807) is 31.2 Å². The number of hydrogen-bond acceptors (Lipinski definition) is 4. The summed E-state index contributed by atoms with van der Waals surface area (Å²) < 4.78 is 0. The highest BCUT2D eigenvalue weighted by Gasteiger charge is 2.32. The predicted octanol–water partition coefficient (Wildman–Crippen LogP) is 1.32. The van der Waals surface area contributed by atoms with Gasteiger partial charge in [-0.05, 0) is 18.1 Å². The Balaban J connectivity index is 1.75. The fourth-order valence-corrected chi connectivity index (χ4v) is 2.80. The highest BCUT2D eigenvalue weighted by atomic mass is 16.2. The van der Waals surface area contributed by atoms with Crippen LogP contribution in [-0.4, -0.2) is 33.4 Å². The molecule has 1 aromatic rings. The van der Waals surface area contributed by atoms with Crippen molar-refractivity contribution in [2.24, 2.45) is 0 Å². The molecule has 24 heavy (non-hydrogen) atoms. The van der Waals surface area contributed by atoms with Gasteiger partial charge < -0.3 is 0 Å². The molecule has 2 heterocycles. The molecule has 0 saturated carbocycles. The van der Waals surface area contributed by atoms with E-state index in [0.717, 1.165) is 11.1 Å². The maximum absolute atomic E-state index is 11.9. The van der Waals surface area contributed by atoms with Crippen molar-refractivity contribution in [1.29, 1.82) is 0 Å². The first-order valence-corrected chi connectivity index (χ1v) is 7.51. The molecule has 6 nitrogen and oxygen atoms in total. The minimum absolute atomic E-state index is 0.0558. The number of carbonyl (C=O) groups is 4. The van der Waals surface area contributed by atoms with E-state index in [-0.39, 0.29) is 43.1 Å². The fraction of sp³-hybridized carbons (Fsp3) is 0.222. The molecule has 0 atom stereocenters. The van der Waals surface area contributed by atoms with Gasteiger partial charge in [-0.25, -0.2) is 0 Å². The molecule has 0 aromatic heterocycles. The van der Waals surface area contributed by atoms with Gasteiger partial charge in [-0.1, -0.05) is 30.8 Å². The monoisotopic (exact) mass is 324 g/mol. The molecule has 1 saturated heterocycles. The van der Waals surface area contributed by atoms with E-state index in [1.165, 1.54) is 15.9 Å². The van der Waals surface area contributed by atoms with Crippen LogP contribution in [-0.2, 0) is 32.3 Å². The molecular weight excluding hydrogens is 308 g/mol. The van der Waals surface area contributed by atoms with Gasteiger partial charge in [0.15, 0.2) is 0 Å². The summed E-state index contributed by atoms with van der Waals surface area (Å²) in [6.07, 6.45) is 1.37. The molecule has 2 aliphatic heterocycles. The van der Waals surface area contributed by atoms with Gasteiger partial charge in [-0.2, -0.15) is 0 Å². The van der Waals surface area contributed by atoms with E-state index in [1.807, 2.05) is 0 Å². The van der Waals surface area contributed by atoms with Crippen LogP contribution < -0.4 is 0 Å². The van der Waals surface area contributed by atoms with Crippen molar-refractivity contribution in [1.82, 2.24) is 9.80 Å². The van der Waals surface area contributed by atoms with Crippen LogP contribution in [0.2, 0.25) is 0 Å². The number of amides is 4. The zero-order valence-corrected chi connectivity index (χ0v) is 13.2. The quantitative estimate of drug-likeness (QED) is 0.618. The first kappa shape index (κ1) is 15.9. The highest BCUT2D eigenvalue weighted by molar-refractivity contribution is 6.15. The Kier molecular flexibility index (Phi) is 3.89.